The van der Waals surface area contributed by atoms with Crippen LogP contribution in [0.4, 0.5) is 35.1 Å². The topological polar surface area (TPSA) is 57.5 Å². The second-order valence-electron chi connectivity index (χ2n) is 10.6. The molecule has 0 aliphatic carbocycles. The van der Waals surface area contributed by atoms with Crippen LogP contribution in [0.3, 0.4) is 0 Å². The predicted molar refractivity (Wildman–Crippen MR) is 158 cm³/mol. The fourth-order valence-corrected chi connectivity index (χ4v) is 4.95. The van der Waals surface area contributed by atoms with Gasteiger partial charge in [-0.2, -0.15) is 17.6 Å². The summed E-state index contributed by atoms with van der Waals surface area (Å²) in [6, 6.07) is 20.3. The normalized spacial score (nSPS) is 12.3. The van der Waals surface area contributed by atoms with Gasteiger partial charge in [-0.25, -0.2) is 17.6 Å². The van der Waals surface area contributed by atoms with Crippen LogP contribution in [0.1, 0.15) is 38.8 Å². The first-order chi connectivity index (χ1) is 22.2. The minimum absolute atomic E-state index is 0.115. The molecule has 1 aromatic heterocycles. The SMILES string of the molecule is CCn1c2ccc(C(=O)c3ccc(OCC(F)(F)C(F)F)cc3)cc2c2cc(C(=O)c3ccc(OCC(F)(F)C(F)F)cc3)ccc21. The second-order valence-corrected chi connectivity index (χ2v) is 10.6. The summed E-state index contributed by atoms with van der Waals surface area (Å²) in [4.78, 5) is 26.7. The highest BCUT2D eigenvalue weighted by Crippen LogP contribution is 2.33. The van der Waals surface area contributed by atoms with E-state index in [1.165, 1.54) is 48.5 Å². The summed E-state index contributed by atoms with van der Waals surface area (Å²) in [5.74, 6) is -9.70. The Kier molecular flexibility index (Phi) is 9.28. The summed E-state index contributed by atoms with van der Waals surface area (Å²) in [6.45, 7) is -0.547. The highest BCUT2D eigenvalue weighted by atomic mass is 19.3. The molecule has 0 bridgehead atoms. The number of ether oxygens (including phenoxy) is 2. The number of halogens is 8. The third-order valence-electron chi connectivity index (χ3n) is 7.44. The first kappa shape index (κ1) is 33.4. The average molecular weight is 664 g/mol. The van der Waals surface area contributed by atoms with Gasteiger partial charge in [0.15, 0.2) is 24.8 Å². The molecule has 0 atom stereocenters. The highest BCUT2D eigenvalue weighted by Gasteiger charge is 2.42. The van der Waals surface area contributed by atoms with E-state index in [1.807, 2.05) is 11.5 Å². The van der Waals surface area contributed by atoms with Gasteiger partial charge < -0.3 is 14.0 Å². The summed E-state index contributed by atoms with van der Waals surface area (Å²) in [5, 5.41) is 1.33. The third-order valence-corrected chi connectivity index (χ3v) is 7.44. The number of rotatable bonds is 13. The van der Waals surface area contributed by atoms with Gasteiger partial charge in [0.2, 0.25) is 0 Å². The van der Waals surface area contributed by atoms with Crippen molar-refractivity contribution in [3.63, 3.8) is 0 Å². The molecule has 47 heavy (non-hydrogen) atoms. The number of hydrogen-bond donors (Lipinski definition) is 0. The number of ketones is 2. The molecule has 0 aliphatic rings. The zero-order chi connectivity index (χ0) is 34.1. The maximum atomic E-state index is 13.3. The number of fused-ring (bicyclic) bond motifs is 3. The fraction of sp³-hybridized carbons (Fsp3) is 0.235. The minimum Gasteiger partial charge on any atom is -0.487 e. The van der Waals surface area contributed by atoms with Gasteiger partial charge in [-0.05, 0) is 91.9 Å². The van der Waals surface area contributed by atoms with Crippen molar-refractivity contribution >= 4 is 33.4 Å². The van der Waals surface area contributed by atoms with Crippen molar-refractivity contribution in [2.24, 2.45) is 0 Å². The van der Waals surface area contributed by atoms with E-state index in [9.17, 15) is 44.7 Å². The van der Waals surface area contributed by atoms with E-state index in [4.69, 9.17) is 9.47 Å². The molecule has 0 radical (unpaired) electrons. The molecule has 1 heterocycles. The molecule has 0 aliphatic heterocycles. The summed E-state index contributed by atoms with van der Waals surface area (Å²) in [6.07, 6.45) is -7.77. The Morgan fingerprint density at radius 3 is 1.26 bits per heavy atom. The smallest absolute Gasteiger partial charge is 0.340 e. The Balaban J connectivity index is 1.39. The van der Waals surface area contributed by atoms with E-state index in [2.05, 4.69) is 0 Å². The number of alkyl halides is 8. The monoisotopic (exact) mass is 663 g/mol. The van der Waals surface area contributed by atoms with Crippen molar-refractivity contribution in [1.29, 1.82) is 0 Å². The van der Waals surface area contributed by atoms with Crippen molar-refractivity contribution in [2.75, 3.05) is 13.2 Å². The van der Waals surface area contributed by atoms with Crippen LogP contribution < -0.4 is 9.47 Å². The van der Waals surface area contributed by atoms with Gasteiger partial charge in [-0.15, -0.1) is 0 Å². The molecule has 0 N–H and O–H groups in total. The van der Waals surface area contributed by atoms with Gasteiger partial charge in [0.1, 0.15) is 11.5 Å². The van der Waals surface area contributed by atoms with Crippen LogP contribution in [0.15, 0.2) is 84.9 Å². The number of benzene rings is 4. The van der Waals surface area contributed by atoms with Gasteiger partial charge in [0.25, 0.3) is 0 Å². The van der Waals surface area contributed by atoms with E-state index in [0.717, 1.165) is 11.0 Å². The Bertz CT molecular complexity index is 1780. The van der Waals surface area contributed by atoms with Crippen molar-refractivity contribution in [2.45, 2.75) is 38.2 Å². The number of carbonyl (C=O) groups excluding carboxylic acids is 2. The number of carbonyl (C=O) groups is 2. The molecule has 0 spiro atoms. The molecule has 0 unspecified atom stereocenters. The largest absolute Gasteiger partial charge is 0.487 e. The predicted octanol–water partition coefficient (Wildman–Crippen LogP) is 8.83. The summed E-state index contributed by atoms with van der Waals surface area (Å²) in [7, 11) is 0. The average Bonchev–Trinajstić information content (AvgIpc) is 3.38. The lowest BCUT2D eigenvalue weighted by Gasteiger charge is -2.16. The van der Waals surface area contributed by atoms with Crippen LogP contribution in [0.5, 0.6) is 11.5 Å². The van der Waals surface area contributed by atoms with Crippen LogP contribution in [-0.2, 0) is 6.54 Å². The Morgan fingerprint density at radius 2 is 0.936 bits per heavy atom. The molecule has 0 amide bonds. The molecule has 4 aromatic carbocycles. The molecule has 5 nitrogen and oxygen atoms in total. The summed E-state index contributed by atoms with van der Waals surface area (Å²) in [5.41, 5.74) is 2.53. The lowest BCUT2D eigenvalue weighted by atomic mass is 9.99. The number of aromatic nitrogens is 1. The lowest BCUT2D eigenvalue weighted by Crippen LogP contribution is -2.33. The maximum absolute atomic E-state index is 13.3. The van der Waals surface area contributed by atoms with Gasteiger partial charge in [0.05, 0.1) is 0 Å². The van der Waals surface area contributed by atoms with Gasteiger partial charge in [-0.1, -0.05) is 0 Å². The Morgan fingerprint density at radius 1 is 0.596 bits per heavy atom. The molecule has 0 fully saturated rings. The van der Waals surface area contributed by atoms with E-state index >= 15 is 0 Å². The van der Waals surface area contributed by atoms with Crippen LogP contribution in [0.25, 0.3) is 21.8 Å². The van der Waals surface area contributed by atoms with E-state index in [0.29, 0.717) is 17.3 Å². The van der Waals surface area contributed by atoms with Gasteiger partial charge in [-0.3, -0.25) is 9.59 Å². The minimum atomic E-state index is -4.33. The first-order valence-corrected chi connectivity index (χ1v) is 14.1. The molecular formula is C34H25F8NO4. The van der Waals surface area contributed by atoms with Crippen molar-refractivity contribution < 1.29 is 54.2 Å². The summed E-state index contributed by atoms with van der Waals surface area (Å²) >= 11 is 0. The van der Waals surface area contributed by atoms with Gasteiger partial charge in [0, 0.05) is 50.6 Å². The first-order valence-electron chi connectivity index (χ1n) is 14.1. The highest BCUT2D eigenvalue weighted by molar-refractivity contribution is 6.17. The standard InChI is InChI=1S/C34H25F8NO4/c1-2-43-27-13-7-21(29(44)19-3-9-23(10-4-19)46-17-33(39,40)31(35)36)15-25(27)26-16-22(8-14-28(26)43)30(45)20-5-11-24(12-6-20)47-18-34(41,42)32(37)38/h3-16,31-32H,2,17-18H2,1H3. The van der Waals surface area contributed by atoms with Crippen LogP contribution in [0.2, 0.25) is 0 Å². The van der Waals surface area contributed by atoms with Crippen molar-refractivity contribution in [1.82, 2.24) is 4.57 Å². The van der Waals surface area contributed by atoms with Crippen molar-refractivity contribution in [3.05, 3.63) is 107 Å². The molecule has 246 valence electrons. The summed E-state index contributed by atoms with van der Waals surface area (Å²) < 4.78 is 114. The quantitative estimate of drug-likeness (QED) is 0.0934. The maximum Gasteiger partial charge on any atom is 0.340 e. The van der Waals surface area contributed by atoms with E-state index in [-0.39, 0.29) is 33.8 Å². The van der Waals surface area contributed by atoms with Crippen LogP contribution in [0, 0.1) is 0 Å². The molecular weight excluding hydrogens is 638 g/mol. The molecule has 5 rings (SSSR count). The van der Waals surface area contributed by atoms with E-state index in [1.54, 1.807) is 36.4 Å². The number of aryl methyl sites for hydroxylation is 1. The fourth-order valence-electron chi connectivity index (χ4n) is 4.95. The zero-order valence-corrected chi connectivity index (χ0v) is 24.5. The number of nitrogens with zero attached hydrogens (tertiary/aromatic N) is 1. The van der Waals surface area contributed by atoms with Crippen LogP contribution in [-0.4, -0.2) is 54.0 Å². The second kappa shape index (κ2) is 13.0. The zero-order valence-electron chi connectivity index (χ0n) is 24.5. The Labute approximate surface area is 262 Å². The van der Waals surface area contributed by atoms with E-state index < -0.39 is 49.5 Å². The van der Waals surface area contributed by atoms with Gasteiger partial charge >= 0.3 is 24.7 Å². The molecule has 5 aromatic rings. The number of hydrogen-bond acceptors (Lipinski definition) is 4. The molecule has 0 saturated heterocycles. The lowest BCUT2D eigenvalue weighted by molar-refractivity contribution is -0.148. The molecule has 13 heteroatoms. The third kappa shape index (κ3) is 6.93. The van der Waals surface area contributed by atoms with Crippen molar-refractivity contribution in [3.8, 4) is 11.5 Å². The Hall–Kier alpha value is -4.94. The molecule has 0 saturated carbocycles. The van der Waals surface area contributed by atoms with Crippen LogP contribution >= 0.6 is 0 Å².